The van der Waals surface area contributed by atoms with Crippen LogP contribution in [0.3, 0.4) is 0 Å². The van der Waals surface area contributed by atoms with E-state index < -0.39 is 18.1 Å². The summed E-state index contributed by atoms with van der Waals surface area (Å²) in [5.41, 5.74) is 8.09. The fraction of sp³-hybridized carbons (Fsp3) is 0.189. The fourth-order valence-electron chi connectivity index (χ4n) is 6.31. The van der Waals surface area contributed by atoms with Crippen molar-refractivity contribution in [1.82, 2.24) is 24.6 Å². The number of aliphatic carboxylic acids is 1. The van der Waals surface area contributed by atoms with Gasteiger partial charge in [0.05, 0.1) is 23.4 Å². The summed E-state index contributed by atoms with van der Waals surface area (Å²) in [6.07, 6.45) is -0.475. The molecule has 0 saturated heterocycles. The molecule has 0 saturated carbocycles. The quantitative estimate of drug-likeness (QED) is 0.161. The largest absolute Gasteiger partial charge is 0.489 e. The predicted octanol–water partition coefficient (Wildman–Crippen LogP) is 6.77. The first-order valence-corrected chi connectivity index (χ1v) is 15.5. The highest BCUT2D eigenvalue weighted by Crippen LogP contribution is 2.35. The Kier molecular flexibility index (Phi) is 7.91. The molecule has 10 nitrogen and oxygen atoms in total. The molecule has 7 rings (SSSR count). The van der Waals surface area contributed by atoms with Gasteiger partial charge in [-0.2, -0.15) is 5.10 Å². The number of benzene rings is 4. The molecule has 1 atom stereocenters. The van der Waals surface area contributed by atoms with E-state index in [-0.39, 0.29) is 13.0 Å². The molecule has 6 aromatic rings. The molecule has 0 fully saturated rings. The number of nitrogens with one attached hydrogen (secondary N) is 1. The Morgan fingerprint density at radius 3 is 2.38 bits per heavy atom. The van der Waals surface area contributed by atoms with E-state index in [1.165, 1.54) is 0 Å². The molecule has 2 aromatic heterocycles. The lowest BCUT2D eigenvalue weighted by Gasteiger charge is -2.30. The summed E-state index contributed by atoms with van der Waals surface area (Å²) in [6.45, 7) is 2.97. The number of fused-ring (bicyclic) bond motifs is 2. The molecule has 4 aromatic carbocycles. The van der Waals surface area contributed by atoms with Gasteiger partial charge in [-0.25, -0.2) is 14.6 Å². The van der Waals surface area contributed by atoms with E-state index in [1.807, 2.05) is 77.4 Å². The molecular formula is C37H33N5O5. The molecule has 1 amide bonds. The maximum atomic E-state index is 12.1. The van der Waals surface area contributed by atoms with Crippen LogP contribution in [-0.2, 0) is 37.3 Å². The van der Waals surface area contributed by atoms with Crippen molar-refractivity contribution in [2.45, 2.75) is 45.5 Å². The van der Waals surface area contributed by atoms with Gasteiger partial charge in [-0.3, -0.25) is 10.00 Å². The van der Waals surface area contributed by atoms with Gasteiger partial charge in [-0.05, 0) is 58.5 Å². The molecule has 1 aliphatic heterocycles. The standard InChI is InChI=1S/C37H33N5O5/c1-2-25-17-27(47-22-24-11-7-4-8-12-24)14-16-28(25)26-13-15-29-30(18-26)39-40-34(29)35-38-31-19-32(36(43)44)42(37(45)46)21-33(31)41(35)20-23-9-5-3-6-10-23/h3-18,32H,2,19-22H2,1H3,(H,39,40)(H,43,44)(H,45,46). The highest BCUT2D eigenvalue weighted by molar-refractivity contribution is 5.94. The van der Waals surface area contributed by atoms with Crippen molar-refractivity contribution in [1.29, 1.82) is 0 Å². The Morgan fingerprint density at radius 1 is 0.936 bits per heavy atom. The van der Waals surface area contributed by atoms with Crippen LogP contribution in [0, 0.1) is 0 Å². The van der Waals surface area contributed by atoms with E-state index in [4.69, 9.17) is 9.72 Å². The minimum Gasteiger partial charge on any atom is -0.489 e. The van der Waals surface area contributed by atoms with Crippen molar-refractivity contribution in [3.8, 4) is 28.4 Å². The summed E-state index contributed by atoms with van der Waals surface area (Å²) >= 11 is 0. The number of aromatic amines is 1. The molecule has 3 N–H and O–H groups in total. The monoisotopic (exact) mass is 627 g/mol. The van der Waals surface area contributed by atoms with Crippen molar-refractivity contribution in [3.05, 3.63) is 125 Å². The molecule has 0 spiro atoms. The van der Waals surface area contributed by atoms with E-state index >= 15 is 0 Å². The third kappa shape index (κ3) is 5.81. The number of rotatable bonds is 9. The summed E-state index contributed by atoms with van der Waals surface area (Å²) in [5.74, 6) is 0.181. The molecular weight excluding hydrogens is 594 g/mol. The molecule has 0 radical (unpaired) electrons. The molecule has 0 aliphatic carbocycles. The Labute approximate surface area is 270 Å². The van der Waals surface area contributed by atoms with E-state index in [0.717, 1.165) is 55.8 Å². The second-order valence-electron chi connectivity index (χ2n) is 11.6. The lowest BCUT2D eigenvalue weighted by atomic mass is 9.96. The number of amides is 1. The van der Waals surface area contributed by atoms with E-state index in [0.29, 0.717) is 36.1 Å². The van der Waals surface area contributed by atoms with Gasteiger partial charge in [0.2, 0.25) is 0 Å². The van der Waals surface area contributed by atoms with Gasteiger partial charge in [0.15, 0.2) is 5.82 Å². The van der Waals surface area contributed by atoms with Crippen molar-refractivity contribution in [3.63, 3.8) is 0 Å². The smallest absolute Gasteiger partial charge is 0.408 e. The van der Waals surface area contributed by atoms with Crippen molar-refractivity contribution in [2.24, 2.45) is 0 Å². The first-order valence-electron chi connectivity index (χ1n) is 15.5. The van der Waals surface area contributed by atoms with Gasteiger partial charge in [-0.15, -0.1) is 0 Å². The number of imidazole rings is 1. The van der Waals surface area contributed by atoms with Gasteiger partial charge in [-0.1, -0.05) is 79.7 Å². The minimum atomic E-state index is -1.28. The number of carbonyl (C=O) groups is 2. The van der Waals surface area contributed by atoms with Gasteiger partial charge in [0.1, 0.15) is 24.1 Å². The highest BCUT2D eigenvalue weighted by atomic mass is 16.5. The van der Waals surface area contributed by atoms with Crippen molar-refractivity contribution in [2.75, 3.05) is 0 Å². The average Bonchev–Trinajstić information content (AvgIpc) is 3.67. The van der Waals surface area contributed by atoms with Crippen LogP contribution in [-0.4, -0.2) is 53.0 Å². The number of H-pyrrole nitrogens is 1. The Hall–Kier alpha value is -5.90. The van der Waals surface area contributed by atoms with Crippen LogP contribution in [0.5, 0.6) is 5.75 Å². The number of ether oxygens (including phenoxy) is 1. The van der Waals surface area contributed by atoms with Gasteiger partial charge >= 0.3 is 12.1 Å². The summed E-state index contributed by atoms with van der Waals surface area (Å²) in [6, 6.07) is 31.0. The lowest BCUT2D eigenvalue weighted by molar-refractivity contribution is -0.143. The maximum absolute atomic E-state index is 12.1. The number of carboxylic acid groups (broad SMARTS) is 2. The van der Waals surface area contributed by atoms with E-state index in [9.17, 15) is 19.8 Å². The fourth-order valence-corrected chi connectivity index (χ4v) is 6.31. The molecule has 1 unspecified atom stereocenters. The number of hydrogen-bond acceptors (Lipinski definition) is 5. The topological polar surface area (TPSA) is 134 Å². The van der Waals surface area contributed by atoms with E-state index in [1.54, 1.807) is 0 Å². The zero-order chi connectivity index (χ0) is 32.5. The number of hydrogen-bond donors (Lipinski definition) is 3. The van der Waals surface area contributed by atoms with Crippen LogP contribution in [0.4, 0.5) is 4.79 Å². The Bertz CT molecular complexity index is 2090. The number of nitrogens with zero attached hydrogens (tertiary/aromatic N) is 4. The molecule has 236 valence electrons. The highest BCUT2D eigenvalue weighted by Gasteiger charge is 2.38. The first-order chi connectivity index (χ1) is 22.9. The number of aryl methyl sites for hydroxylation is 1. The number of aromatic nitrogens is 4. The van der Waals surface area contributed by atoms with Gasteiger partial charge < -0.3 is 19.5 Å². The summed E-state index contributed by atoms with van der Waals surface area (Å²) in [4.78, 5) is 30.0. The van der Waals surface area contributed by atoms with Gasteiger partial charge in [0.25, 0.3) is 0 Å². The third-order valence-corrected chi connectivity index (χ3v) is 8.74. The summed E-state index contributed by atoms with van der Waals surface area (Å²) < 4.78 is 8.05. The van der Waals surface area contributed by atoms with Crippen LogP contribution in [0.1, 0.15) is 35.0 Å². The van der Waals surface area contributed by atoms with Crippen LogP contribution in [0.2, 0.25) is 0 Å². The molecule has 1 aliphatic rings. The van der Waals surface area contributed by atoms with Crippen molar-refractivity contribution >= 4 is 23.0 Å². The Balaban J connectivity index is 1.25. The predicted molar refractivity (Wildman–Crippen MR) is 177 cm³/mol. The second-order valence-corrected chi connectivity index (χ2v) is 11.6. The van der Waals surface area contributed by atoms with E-state index in [2.05, 4.69) is 41.4 Å². The summed E-state index contributed by atoms with van der Waals surface area (Å²) in [7, 11) is 0. The average molecular weight is 628 g/mol. The van der Waals surface area contributed by atoms with Crippen LogP contribution >= 0.6 is 0 Å². The summed E-state index contributed by atoms with van der Waals surface area (Å²) in [5, 5.41) is 28.4. The number of carboxylic acids is 1. The first kappa shape index (κ1) is 29.8. The van der Waals surface area contributed by atoms with Gasteiger partial charge in [0, 0.05) is 18.4 Å². The van der Waals surface area contributed by atoms with Crippen molar-refractivity contribution < 1.29 is 24.5 Å². The third-order valence-electron chi connectivity index (χ3n) is 8.74. The van der Waals surface area contributed by atoms with Crippen LogP contribution < -0.4 is 4.74 Å². The SMILES string of the molecule is CCc1cc(OCc2ccccc2)ccc1-c1ccc2c(-c3nc4c(n3Cc3ccccc3)CN(C(=O)O)C(C(=O)O)C4)n[nH]c2c1. The molecule has 0 bridgehead atoms. The molecule has 3 heterocycles. The Morgan fingerprint density at radius 2 is 1.68 bits per heavy atom. The second kappa shape index (κ2) is 12.5. The molecule has 47 heavy (non-hydrogen) atoms. The maximum Gasteiger partial charge on any atom is 0.408 e. The normalized spacial score (nSPS) is 14.2. The molecule has 10 heteroatoms. The minimum absolute atomic E-state index is 0.0247. The van der Waals surface area contributed by atoms with Crippen LogP contribution in [0.15, 0.2) is 97.1 Å². The lowest BCUT2D eigenvalue weighted by Crippen LogP contribution is -2.48. The zero-order valence-electron chi connectivity index (χ0n) is 25.8. The van der Waals surface area contributed by atoms with Crippen LogP contribution in [0.25, 0.3) is 33.5 Å². The zero-order valence-corrected chi connectivity index (χ0v) is 25.8.